The summed E-state index contributed by atoms with van der Waals surface area (Å²) < 4.78 is 19.2. The molecule has 82 valence electrons. The summed E-state index contributed by atoms with van der Waals surface area (Å²) in [6, 6.07) is 3.58. The van der Waals surface area contributed by atoms with Crippen LogP contribution in [-0.4, -0.2) is 12.6 Å². The number of ether oxygens (including phenoxy) is 1. The molecule has 1 aliphatic rings. The van der Waals surface area contributed by atoms with E-state index in [9.17, 15) is 4.39 Å². The normalized spacial score (nSPS) is 19.1. The van der Waals surface area contributed by atoms with Crippen LogP contribution in [-0.2, 0) is 0 Å². The van der Waals surface area contributed by atoms with Crippen LogP contribution in [0, 0.1) is 12.7 Å². The number of nitrogens with one attached hydrogen (secondary N) is 1. The molecule has 0 bridgehead atoms. The molecule has 0 radical (unpaired) electrons. The molecule has 0 aliphatic carbocycles. The van der Waals surface area contributed by atoms with E-state index in [4.69, 9.17) is 4.74 Å². The summed E-state index contributed by atoms with van der Waals surface area (Å²) in [4.78, 5) is 0. The van der Waals surface area contributed by atoms with Gasteiger partial charge in [-0.25, -0.2) is 4.39 Å². The maximum absolute atomic E-state index is 13.7. The van der Waals surface area contributed by atoms with Crippen LogP contribution in [0.25, 0.3) is 0 Å². The Bertz CT molecular complexity index is 376. The van der Waals surface area contributed by atoms with Gasteiger partial charge in [0.25, 0.3) is 0 Å². The van der Waals surface area contributed by atoms with Crippen molar-refractivity contribution in [1.82, 2.24) is 5.32 Å². The molecule has 1 aliphatic heterocycles. The lowest BCUT2D eigenvalue weighted by Gasteiger charge is -2.15. The molecular formula is C12H16FNO. The van der Waals surface area contributed by atoms with E-state index >= 15 is 0 Å². The Balaban J connectivity index is 2.37. The fraction of sp³-hybridized carbons (Fsp3) is 0.500. The highest BCUT2D eigenvalue weighted by atomic mass is 19.1. The van der Waals surface area contributed by atoms with Crippen LogP contribution in [0.15, 0.2) is 12.1 Å². The zero-order valence-corrected chi connectivity index (χ0v) is 9.30. The van der Waals surface area contributed by atoms with Crippen molar-refractivity contribution in [1.29, 1.82) is 0 Å². The third kappa shape index (κ3) is 1.84. The fourth-order valence-electron chi connectivity index (χ4n) is 1.98. The van der Waals surface area contributed by atoms with Gasteiger partial charge in [-0.05, 0) is 18.6 Å². The van der Waals surface area contributed by atoms with Crippen molar-refractivity contribution < 1.29 is 9.13 Å². The first-order chi connectivity index (χ1) is 7.09. The van der Waals surface area contributed by atoms with E-state index in [1.165, 1.54) is 6.07 Å². The average molecular weight is 209 g/mol. The molecule has 1 unspecified atom stereocenters. The minimum atomic E-state index is -0.175. The third-order valence-corrected chi connectivity index (χ3v) is 2.62. The Morgan fingerprint density at radius 1 is 1.47 bits per heavy atom. The summed E-state index contributed by atoms with van der Waals surface area (Å²) >= 11 is 0. The molecular weight excluding hydrogens is 193 g/mol. The van der Waals surface area contributed by atoms with Crippen LogP contribution < -0.4 is 10.1 Å². The van der Waals surface area contributed by atoms with Gasteiger partial charge in [-0.1, -0.05) is 19.9 Å². The molecule has 2 rings (SSSR count). The van der Waals surface area contributed by atoms with Crippen molar-refractivity contribution in [2.75, 3.05) is 6.61 Å². The van der Waals surface area contributed by atoms with Gasteiger partial charge in [0.2, 0.25) is 0 Å². The quantitative estimate of drug-likeness (QED) is 0.808. The topological polar surface area (TPSA) is 21.3 Å². The third-order valence-electron chi connectivity index (χ3n) is 2.62. The van der Waals surface area contributed by atoms with Crippen molar-refractivity contribution >= 4 is 0 Å². The van der Waals surface area contributed by atoms with E-state index in [2.05, 4.69) is 5.32 Å². The van der Waals surface area contributed by atoms with Gasteiger partial charge < -0.3 is 10.1 Å². The van der Waals surface area contributed by atoms with Crippen LogP contribution in [0.4, 0.5) is 4.39 Å². The first-order valence-corrected chi connectivity index (χ1v) is 5.27. The zero-order valence-electron chi connectivity index (χ0n) is 9.30. The van der Waals surface area contributed by atoms with Crippen LogP contribution in [0.3, 0.4) is 0 Å². The second-order valence-electron chi connectivity index (χ2n) is 4.29. The molecule has 2 nitrogen and oxygen atoms in total. The molecule has 3 heteroatoms. The second kappa shape index (κ2) is 3.81. The predicted octanol–water partition coefficient (Wildman–Crippen LogP) is 2.57. The van der Waals surface area contributed by atoms with Gasteiger partial charge in [-0.15, -0.1) is 0 Å². The zero-order chi connectivity index (χ0) is 11.0. The van der Waals surface area contributed by atoms with E-state index in [-0.39, 0.29) is 11.9 Å². The molecule has 0 spiro atoms. The van der Waals surface area contributed by atoms with Gasteiger partial charge in [0.05, 0.1) is 11.6 Å². The molecule has 0 aromatic heterocycles. The van der Waals surface area contributed by atoms with Gasteiger partial charge >= 0.3 is 0 Å². The Labute approximate surface area is 89.4 Å². The summed E-state index contributed by atoms with van der Waals surface area (Å²) in [5, 5.41) is 3.30. The highest BCUT2D eigenvalue weighted by Crippen LogP contribution is 2.37. The monoisotopic (exact) mass is 209 g/mol. The molecule has 1 N–H and O–H groups in total. The fourth-order valence-corrected chi connectivity index (χ4v) is 1.98. The first kappa shape index (κ1) is 10.4. The highest BCUT2D eigenvalue weighted by Gasteiger charge is 2.29. The average Bonchev–Trinajstić information content (AvgIpc) is 2.56. The molecule has 0 saturated carbocycles. The number of fused-ring (bicyclic) bond motifs is 1. The Kier molecular flexibility index (Phi) is 2.65. The number of hydrogen-bond acceptors (Lipinski definition) is 2. The smallest absolute Gasteiger partial charge is 0.131 e. The van der Waals surface area contributed by atoms with Crippen LogP contribution in [0.5, 0.6) is 5.75 Å². The first-order valence-electron chi connectivity index (χ1n) is 5.27. The highest BCUT2D eigenvalue weighted by molar-refractivity contribution is 5.46. The van der Waals surface area contributed by atoms with Gasteiger partial charge in [-0.2, -0.15) is 0 Å². The molecule has 15 heavy (non-hydrogen) atoms. The number of benzene rings is 1. The summed E-state index contributed by atoms with van der Waals surface area (Å²) in [6.45, 7) is 6.56. The maximum atomic E-state index is 13.7. The second-order valence-corrected chi connectivity index (χ2v) is 4.29. The van der Waals surface area contributed by atoms with Crippen molar-refractivity contribution in [3.8, 4) is 5.75 Å². The number of aryl methyl sites for hydroxylation is 1. The number of rotatable bonds is 2. The van der Waals surface area contributed by atoms with Crippen molar-refractivity contribution in [3.05, 3.63) is 29.1 Å². The van der Waals surface area contributed by atoms with Crippen LogP contribution in [0.1, 0.15) is 31.0 Å². The largest absolute Gasteiger partial charge is 0.491 e. The Morgan fingerprint density at radius 3 is 2.87 bits per heavy atom. The molecule has 1 aromatic carbocycles. The minimum Gasteiger partial charge on any atom is -0.491 e. The molecule has 0 amide bonds. The predicted molar refractivity (Wildman–Crippen MR) is 57.6 cm³/mol. The molecule has 1 atom stereocenters. The standard InChI is InChI=1S/C12H16FNO/c1-7(2)14-10-6-15-12-8(3)4-5-9(13)11(10)12/h4-5,7,10,14H,6H2,1-3H3. The lowest BCUT2D eigenvalue weighted by molar-refractivity contribution is 0.301. The molecule has 1 aromatic rings. The van der Waals surface area contributed by atoms with Gasteiger partial charge in [0.15, 0.2) is 0 Å². The summed E-state index contributed by atoms with van der Waals surface area (Å²) in [5.41, 5.74) is 1.68. The lowest BCUT2D eigenvalue weighted by atomic mass is 10.0. The van der Waals surface area contributed by atoms with Gasteiger partial charge in [0, 0.05) is 6.04 Å². The maximum Gasteiger partial charge on any atom is 0.131 e. The summed E-state index contributed by atoms with van der Waals surface area (Å²) in [6.07, 6.45) is 0. The van der Waals surface area contributed by atoms with Crippen molar-refractivity contribution in [2.24, 2.45) is 0 Å². The van der Waals surface area contributed by atoms with E-state index in [1.54, 1.807) is 6.07 Å². The minimum absolute atomic E-state index is 0.0140. The van der Waals surface area contributed by atoms with E-state index in [1.807, 2.05) is 20.8 Å². The molecule has 0 fully saturated rings. The summed E-state index contributed by atoms with van der Waals surface area (Å²) in [7, 11) is 0. The van der Waals surface area contributed by atoms with Crippen LogP contribution in [0.2, 0.25) is 0 Å². The van der Waals surface area contributed by atoms with Crippen molar-refractivity contribution in [3.63, 3.8) is 0 Å². The molecule has 0 saturated heterocycles. The Hall–Kier alpha value is -1.09. The molecule has 1 heterocycles. The SMILES string of the molecule is Cc1ccc(F)c2c1OCC2NC(C)C. The number of halogens is 1. The number of hydrogen-bond donors (Lipinski definition) is 1. The van der Waals surface area contributed by atoms with Gasteiger partial charge in [0.1, 0.15) is 18.2 Å². The van der Waals surface area contributed by atoms with Crippen LogP contribution >= 0.6 is 0 Å². The van der Waals surface area contributed by atoms with Crippen molar-refractivity contribution in [2.45, 2.75) is 32.9 Å². The summed E-state index contributed by atoms with van der Waals surface area (Å²) in [5.74, 6) is 0.541. The van der Waals surface area contributed by atoms with E-state index in [0.29, 0.717) is 24.0 Å². The van der Waals surface area contributed by atoms with Gasteiger partial charge in [-0.3, -0.25) is 0 Å². The Morgan fingerprint density at radius 2 is 2.20 bits per heavy atom. The van der Waals surface area contributed by atoms with E-state index < -0.39 is 0 Å². The lowest BCUT2D eigenvalue weighted by Crippen LogP contribution is -2.29. The van der Waals surface area contributed by atoms with E-state index in [0.717, 1.165) is 5.56 Å².